The van der Waals surface area contributed by atoms with Crippen LogP contribution >= 0.6 is 0 Å². The molecule has 2 aromatic heterocycles. The fraction of sp³-hybridized carbons (Fsp3) is 0.375. The van der Waals surface area contributed by atoms with E-state index in [1.807, 2.05) is 32.0 Å². The van der Waals surface area contributed by atoms with E-state index >= 15 is 0 Å². The third-order valence-electron chi connectivity index (χ3n) is 3.78. The molecule has 0 aliphatic carbocycles. The second kappa shape index (κ2) is 6.20. The Bertz CT molecular complexity index is 723. The van der Waals surface area contributed by atoms with Gasteiger partial charge in [0, 0.05) is 19.3 Å². The maximum absolute atomic E-state index is 12.8. The molecule has 1 saturated heterocycles. The molecule has 0 aromatic carbocycles. The second-order valence-electron chi connectivity index (χ2n) is 5.77. The molecule has 0 atom stereocenters. The maximum atomic E-state index is 12.8. The largest absolute Gasteiger partial charge is 0.353 e. The van der Waals surface area contributed by atoms with Crippen molar-refractivity contribution in [1.29, 1.82) is 0 Å². The Kier molecular flexibility index (Phi) is 4.10. The summed E-state index contributed by atoms with van der Waals surface area (Å²) >= 11 is 0. The minimum Gasteiger partial charge on any atom is -0.353 e. The van der Waals surface area contributed by atoms with Crippen molar-refractivity contribution in [2.75, 3.05) is 19.6 Å². The van der Waals surface area contributed by atoms with Gasteiger partial charge in [-0.2, -0.15) is 5.10 Å². The van der Waals surface area contributed by atoms with Gasteiger partial charge < -0.3 is 10.2 Å². The van der Waals surface area contributed by atoms with Crippen LogP contribution in [0.2, 0.25) is 0 Å². The third-order valence-corrected chi connectivity index (χ3v) is 3.78. The number of nitrogens with zero attached hydrogens (tertiary/aromatic N) is 4. The Morgan fingerprint density at radius 2 is 2.17 bits per heavy atom. The molecule has 0 spiro atoms. The lowest BCUT2D eigenvalue weighted by Gasteiger charge is -2.27. The fourth-order valence-corrected chi connectivity index (χ4v) is 2.72. The van der Waals surface area contributed by atoms with Gasteiger partial charge in [0.2, 0.25) is 5.91 Å². The van der Waals surface area contributed by atoms with Crippen LogP contribution in [0.15, 0.2) is 30.6 Å². The number of piperazine rings is 1. The highest BCUT2D eigenvalue weighted by Gasteiger charge is 2.27. The van der Waals surface area contributed by atoms with E-state index in [0.29, 0.717) is 24.5 Å². The lowest BCUT2D eigenvalue weighted by Crippen LogP contribution is -2.50. The molecule has 0 saturated carbocycles. The Labute approximate surface area is 134 Å². The summed E-state index contributed by atoms with van der Waals surface area (Å²) in [7, 11) is 0. The van der Waals surface area contributed by atoms with E-state index in [1.54, 1.807) is 22.0 Å². The van der Waals surface area contributed by atoms with Gasteiger partial charge in [0.05, 0.1) is 24.0 Å². The van der Waals surface area contributed by atoms with Crippen LogP contribution in [0, 0.1) is 0 Å². The van der Waals surface area contributed by atoms with E-state index in [-0.39, 0.29) is 24.3 Å². The molecule has 0 radical (unpaired) electrons. The van der Waals surface area contributed by atoms with E-state index in [4.69, 9.17) is 0 Å². The van der Waals surface area contributed by atoms with E-state index in [9.17, 15) is 9.59 Å². The summed E-state index contributed by atoms with van der Waals surface area (Å²) in [6.45, 7) is 5.10. The van der Waals surface area contributed by atoms with E-state index in [1.165, 1.54) is 0 Å². The first-order valence-corrected chi connectivity index (χ1v) is 7.63. The second-order valence-corrected chi connectivity index (χ2v) is 5.77. The highest BCUT2D eigenvalue weighted by atomic mass is 16.2. The molecule has 3 heterocycles. The van der Waals surface area contributed by atoms with Gasteiger partial charge in [-0.15, -0.1) is 0 Å². The zero-order valence-electron chi connectivity index (χ0n) is 13.2. The van der Waals surface area contributed by atoms with Crippen LogP contribution in [0.25, 0.3) is 5.82 Å². The number of aromatic nitrogens is 3. The predicted octanol–water partition coefficient (Wildman–Crippen LogP) is 0.963. The first kappa shape index (κ1) is 15.2. The molecular weight excluding hydrogens is 294 g/mol. The summed E-state index contributed by atoms with van der Waals surface area (Å²) < 4.78 is 1.70. The number of amides is 2. The van der Waals surface area contributed by atoms with Crippen LogP contribution in [-0.2, 0) is 4.79 Å². The molecule has 7 nitrogen and oxygen atoms in total. The maximum Gasteiger partial charge on any atom is 0.257 e. The van der Waals surface area contributed by atoms with E-state index in [2.05, 4.69) is 15.4 Å². The first-order chi connectivity index (χ1) is 11.1. The molecule has 23 heavy (non-hydrogen) atoms. The molecule has 3 rings (SSSR count). The van der Waals surface area contributed by atoms with Crippen molar-refractivity contribution in [1.82, 2.24) is 25.0 Å². The third kappa shape index (κ3) is 2.94. The van der Waals surface area contributed by atoms with Crippen LogP contribution in [0.4, 0.5) is 0 Å². The number of nitrogens with one attached hydrogen (secondary N) is 1. The SMILES string of the molecule is CC(C)c1c(C(=O)N2CCNC(=O)C2)cnn1-c1ccccn1. The van der Waals surface area contributed by atoms with Gasteiger partial charge in [-0.25, -0.2) is 9.67 Å². The van der Waals surface area contributed by atoms with Crippen molar-refractivity contribution in [2.45, 2.75) is 19.8 Å². The average molecular weight is 313 g/mol. The van der Waals surface area contributed by atoms with Crippen molar-refractivity contribution in [3.05, 3.63) is 41.9 Å². The summed E-state index contributed by atoms with van der Waals surface area (Å²) in [6, 6.07) is 5.56. The van der Waals surface area contributed by atoms with Gasteiger partial charge >= 0.3 is 0 Å². The standard InChI is InChI=1S/C16H19N5O2/c1-11(2)15-12(16(23)20-8-7-18-14(22)10-20)9-19-21(15)13-5-3-4-6-17-13/h3-6,9,11H,7-8,10H2,1-2H3,(H,18,22). The molecule has 1 N–H and O–H groups in total. The van der Waals surface area contributed by atoms with Gasteiger partial charge in [0.1, 0.15) is 0 Å². The summed E-state index contributed by atoms with van der Waals surface area (Å²) in [5, 5.41) is 7.07. The van der Waals surface area contributed by atoms with Crippen molar-refractivity contribution in [3.63, 3.8) is 0 Å². The van der Waals surface area contributed by atoms with Gasteiger partial charge in [-0.3, -0.25) is 9.59 Å². The Balaban J connectivity index is 1.98. The number of rotatable bonds is 3. The zero-order chi connectivity index (χ0) is 16.4. The number of carbonyl (C=O) groups excluding carboxylic acids is 2. The molecule has 0 bridgehead atoms. The smallest absolute Gasteiger partial charge is 0.257 e. The predicted molar refractivity (Wildman–Crippen MR) is 84.4 cm³/mol. The number of carbonyl (C=O) groups is 2. The van der Waals surface area contributed by atoms with Gasteiger partial charge in [0.25, 0.3) is 5.91 Å². The van der Waals surface area contributed by atoms with Crippen LogP contribution < -0.4 is 5.32 Å². The first-order valence-electron chi connectivity index (χ1n) is 7.63. The zero-order valence-corrected chi connectivity index (χ0v) is 13.2. The summed E-state index contributed by atoms with van der Waals surface area (Å²) in [5.74, 6) is 0.474. The average Bonchev–Trinajstić information content (AvgIpc) is 3.00. The number of hydrogen-bond donors (Lipinski definition) is 1. The quantitative estimate of drug-likeness (QED) is 0.915. The molecule has 2 aromatic rings. The Morgan fingerprint density at radius 1 is 1.35 bits per heavy atom. The highest BCUT2D eigenvalue weighted by Crippen LogP contribution is 2.23. The van der Waals surface area contributed by atoms with E-state index < -0.39 is 0 Å². The lowest BCUT2D eigenvalue weighted by molar-refractivity contribution is -0.123. The topological polar surface area (TPSA) is 80.1 Å². The van der Waals surface area contributed by atoms with Crippen molar-refractivity contribution < 1.29 is 9.59 Å². The molecule has 1 aliphatic rings. The van der Waals surface area contributed by atoms with Crippen molar-refractivity contribution in [2.24, 2.45) is 0 Å². The van der Waals surface area contributed by atoms with Crippen molar-refractivity contribution in [3.8, 4) is 5.82 Å². The van der Waals surface area contributed by atoms with Gasteiger partial charge in [-0.05, 0) is 18.1 Å². The lowest BCUT2D eigenvalue weighted by atomic mass is 10.0. The highest BCUT2D eigenvalue weighted by molar-refractivity contribution is 5.98. The molecule has 1 aliphatic heterocycles. The molecule has 1 fully saturated rings. The van der Waals surface area contributed by atoms with Gasteiger partial charge in [0.15, 0.2) is 5.82 Å². The van der Waals surface area contributed by atoms with Crippen LogP contribution in [-0.4, -0.2) is 51.1 Å². The Morgan fingerprint density at radius 3 is 2.83 bits per heavy atom. The van der Waals surface area contributed by atoms with Crippen LogP contribution in [0.3, 0.4) is 0 Å². The molecule has 7 heteroatoms. The minimum absolute atomic E-state index is 0.0884. The van der Waals surface area contributed by atoms with Crippen LogP contribution in [0.5, 0.6) is 0 Å². The molecule has 120 valence electrons. The number of pyridine rings is 1. The minimum atomic E-state index is -0.161. The molecule has 0 unspecified atom stereocenters. The normalized spacial score (nSPS) is 14.9. The van der Waals surface area contributed by atoms with E-state index in [0.717, 1.165) is 5.69 Å². The summed E-state index contributed by atoms with van der Waals surface area (Å²) in [6.07, 6.45) is 3.26. The van der Waals surface area contributed by atoms with Crippen molar-refractivity contribution >= 4 is 11.8 Å². The molecule has 2 amide bonds. The number of hydrogen-bond acceptors (Lipinski definition) is 4. The van der Waals surface area contributed by atoms with Crippen LogP contribution in [0.1, 0.15) is 35.8 Å². The summed E-state index contributed by atoms with van der Waals surface area (Å²) in [5.41, 5.74) is 1.33. The fourth-order valence-electron chi connectivity index (χ4n) is 2.72. The monoisotopic (exact) mass is 313 g/mol. The summed E-state index contributed by atoms with van der Waals surface area (Å²) in [4.78, 5) is 30.2. The van der Waals surface area contributed by atoms with Gasteiger partial charge in [-0.1, -0.05) is 19.9 Å². The molecular formula is C16H19N5O2. The Hall–Kier alpha value is -2.70.